The summed E-state index contributed by atoms with van der Waals surface area (Å²) in [5, 5.41) is 0.396. The number of nitrogen functional groups attached to an aromatic ring is 1. The monoisotopic (exact) mass is 338 g/mol. The first-order chi connectivity index (χ1) is 10.8. The zero-order chi connectivity index (χ0) is 17.1. The summed E-state index contributed by atoms with van der Waals surface area (Å²) in [6.45, 7) is 2.25. The van der Waals surface area contributed by atoms with Gasteiger partial charge in [-0.2, -0.15) is 15.0 Å². The summed E-state index contributed by atoms with van der Waals surface area (Å²) in [6.07, 6.45) is 0. The zero-order valence-electron chi connectivity index (χ0n) is 13.6. The fourth-order valence-electron chi connectivity index (χ4n) is 2.05. The summed E-state index contributed by atoms with van der Waals surface area (Å²) in [5.41, 5.74) is 6.19. The lowest BCUT2D eigenvalue weighted by atomic mass is 10.1. The van der Waals surface area contributed by atoms with Gasteiger partial charge in [-0.05, 0) is 26.1 Å². The minimum Gasteiger partial charge on any atom is -0.368 e. The molecule has 6 nitrogen and oxygen atoms in total. The SMILES string of the molecule is CC(c1nc(N)nc(N(C)C)n1)N(C)Cc1c(F)cccc1Cl. The van der Waals surface area contributed by atoms with Crippen molar-refractivity contribution >= 4 is 23.5 Å². The topological polar surface area (TPSA) is 71.2 Å². The minimum absolute atomic E-state index is 0.155. The molecule has 2 aromatic rings. The summed E-state index contributed by atoms with van der Waals surface area (Å²) >= 11 is 6.08. The molecule has 8 heteroatoms. The standard InChI is InChI=1S/C15H20ClFN6/c1-9(13-19-14(18)21-15(20-13)22(2)3)23(4)8-10-11(16)6-5-7-12(10)17/h5-7,9H,8H2,1-4H3,(H2,18,19,20,21). The highest BCUT2D eigenvalue weighted by atomic mass is 35.5. The zero-order valence-corrected chi connectivity index (χ0v) is 14.3. The number of hydrogen-bond donors (Lipinski definition) is 1. The fourth-order valence-corrected chi connectivity index (χ4v) is 2.27. The number of nitrogens with two attached hydrogens (primary N) is 1. The summed E-state index contributed by atoms with van der Waals surface area (Å²) in [5.74, 6) is 0.830. The molecule has 0 spiro atoms. The molecule has 0 amide bonds. The Morgan fingerprint density at radius 1 is 1.22 bits per heavy atom. The van der Waals surface area contributed by atoms with Crippen LogP contribution in [-0.4, -0.2) is 41.0 Å². The second kappa shape index (κ2) is 7.06. The number of rotatable bonds is 5. The van der Waals surface area contributed by atoms with Crippen molar-refractivity contribution in [2.75, 3.05) is 31.8 Å². The van der Waals surface area contributed by atoms with Crippen molar-refractivity contribution in [2.24, 2.45) is 0 Å². The highest BCUT2D eigenvalue weighted by Crippen LogP contribution is 2.24. The van der Waals surface area contributed by atoms with Gasteiger partial charge in [-0.1, -0.05) is 17.7 Å². The number of hydrogen-bond acceptors (Lipinski definition) is 6. The van der Waals surface area contributed by atoms with E-state index in [9.17, 15) is 4.39 Å². The van der Waals surface area contributed by atoms with Gasteiger partial charge in [0, 0.05) is 31.2 Å². The molecule has 1 unspecified atom stereocenters. The predicted molar refractivity (Wildman–Crippen MR) is 89.9 cm³/mol. The molecule has 1 aromatic heterocycles. The van der Waals surface area contributed by atoms with E-state index in [0.29, 0.717) is 28.9 Å². The van der Waals surface area contributed by atoms with Crippen LogP contribution in [0, 0.1) is 5.82 Å². The first-order valence-electron chi connectivity index (χ1n) is 7.11. The maximum Gasteiger partial charge on any atom is 0.229 e. The maximum atomic E-state index is 13.9. The molecule has 0 aliphatic heterocycles. The van der Waals surface area contributed by atoms with E-state index in [0.717, 1.165) is 0 Å². The van der Waals surface area contributed by atoms with Gasteiger partial charge in [0.1, 0.15) is 5.82 Å². The molecule has 0 saturated carbocycles. The van der Waals surface area contributed by atoms with E-state index in [1.807, 2.05) is 33.0 Å². The van der Waals surface area contributed by atoms with E-state index in [1.165, 1.54) is 6.07 Å². The first-order valence-corrected chi connectivity index (χ1v) is 7.49. The van der Waals surface area contributed by atoms with Crippen molar-refractivity contribution in [3.05, 3.63) is 40.4 Å². The van der Waals surface area contributed by atoms with Gasteiger partial charge >= 0.3 is 0 Å². The van der Waals surface area contributed by atoms with Crippen LogP contribution in [0.25, 0.3) is 0 Å². The second-order valence-corrected chi connectivity index (χ2v) is 5.94. The van der Waals surface area contributed by atoms with Gasteiger partial charge in [-0.25, -0.2) is 4.39 Å². The average Bonchev–Trinajstić information content (AvgIpc) is 2.49. The van der Waals surface area contributed by atoms with Crippen LogP contribution in [0.4, 0.5) is 16.3 Å². The lowest BCUT2D eigenvalue weighted by Gasteiger charge is -2.25. The molecule has 0 bridgehead atoms. The van der Waals surface area contributed by atoms with Gasteiger partial charge in [-0.3, -0.25) is 4.90 Å². The third-order valence-corrected chi connectivity index (χ3v) is 3.92. The van der Waals surface area contributed by atoms with E-state index in [2.05, 4.69) is 15.0 Å². The van der Waals surface area contributed by atoms with Crippen LogP contribution >= 0.6 is 11.6 Å². The largest absolute Gasteiger partial charge is 0.368 e. The van der Waals surface area contributed by atoms with E-state index in [-0.39, 0.29) is 17.8 Å². The number of halogens is 2. The Bertz CT molecular complexity index is 673. The molecule has 1 heterocycles. The van der Waals surface area contributed by atoms with Crippen LogP contribution in [-0.2, 0) is 6.54 Å². The Balaban J connectivity index is 2.24. The Morgan fingerprint density at radius 2 is 1.91 bits per heavy atom. The van der Waals surface area contributed by atoms with Gasteiger partial charge in [0.15, 0.2) is 5.82 Å². The van der Waals surface area contributed by atoms with Gasteiger partial charge in [-0.15, -0.1) is 0 Å². The molecule has 124 valence electrons. The molecule has 0 fully saturated rings. The Morgan fingerprint density at radius 3 is 2.52 bits per heavy atom. The van der Waals surface area contributed by atoms with E-state index in [1.54, 1.807) is 17.0 Å². The lowest BCUT2D eigenvalue weighted by molar-refractivity contribution is 0.240. The van der Waals surface area contributed by atoms with E-state index in [4.69, 9.17) is 17.3 Å². The summed E-state index contributed by atoms with van der Waals surface area (Å²) < 4.78 is 13.9. The smallest absolute Gasteiger partial charge is 0.229 e. The highest BCUT2D eigenvalue weighted by Gasteiger charge is 2.19. The second-order valence-electron chi connectivity index (χ2n) is 5.54. The van der Waals surface area contributed by atoms with Gasteiger partial charge < -0.3 is 10.6 Å². The first kappa shape index (κ1) is 17.4. The molecule has 2 rings (SSSR count). The highest BCUT2D eigenvalue weighted by molar-refractivity contribution is 6.31. The summed E-state index contributed by atoms with van der Waals surface area (Å²) in [7, 11) is 5.50. The molecular formula is C15H20ClFN6. The Hall–Kier alpha value is -1.99. The molecule has 0 aliphatic rings. The third kappa shape index (κ3) is 4.05. The van der Waals surface area contributed by atoms with Gasteiger partial charge in [0.2, 0.25) is 11.9 Å². The molecule has 1 atom stereocenters. The molecule has 23 heavy (non-hydrogen) atoms. The number of aromatic nitrogens is 3. The van der Waals surface area contributed by atoms with Crippen LogP contribution in [0.5, 0.6) is 0 Å². The Kier molecular flexibility index (Phi) is 5.33. The third-order valence-electron chi connectivity index (χ3n) is 3.56. The summed E-state index contributed by atoms with van der Waals surface area (Å²) in [4.78, 5) is 16.3. The van der Waals surface area contributed by atoms with Crippen molar-refractivity contribution in [1.29, 1.82) is 0 Å². The minimum atomic E-state index is -0.333. The molecule has 2 N–H and O–H groups in total. The van der Waals surface area contributed by atoms with E-state index < -0.39 is 0 Å². The number of benzene rings is 1. The van der Waals surface area contributed by atoms with Crippen LogP contribution in [0.15, 0.2) is 18.2 Å². The number of nitrogens with zero attached hydrogens (tertiary/aromatic N) is 5. The van der Waals surface area contributed by atoms with Crippen molar-refractivity contribution in [3.63, 3.8) is 0 Å². The molecule has 0 saturated heterocycles. The molecule has 1 aromatic carbocycles. The van der Waals surface area contributed by atoms with Crippen molar-refractivity contribution in [3.8, 4) is 0 Å². The average molecular weight is 339 g/mol. The molecular weight excluding hydrogens is 319 g/mol. The van der Waals surface area contributed by atoms with Crippen LogP contribution in [0.3, 0.4) is 0 Å². The summed E-state index contributed by atoms with van der Waals surface area (Å²) in [6, 6.07) is 4.46. The molecule has 0 radical (unpaired) electrons. The van der Waals surface area contributed by atoms with Crippen molar-refractivity contribution in [2.45, 2.75) is 19.5 Å². The normalized spacial score (nSPS) is 12.5. The van der Waals surface area contributed by atoms with Crippen molar-refractivity contribution in [1.82, 2.24) is 19.9 Å². The van der Waals surface area contributed by atoms with Crippen LogP contribution in [0.2, 0.25) is 5.02 Å². The molecule has 0 aliphatic carbocycles. The quantitative estimate of drug-likeness (QED) is 0.903. The predicted octanol–water partition coefficient (Wildman–Crippen LogP) is 2.51. The van der Waals surface area contributed by atoms with Crippen LogP contribution < -0.4 is 10.6 Å². The van der Waals surface area contributed by atoms with Gasteiger partial charge in [0.05, 0.1) is 6.04 Å². The van der Waals surface area contributed by atoms with Crippen LogP contribution in [0.1, 0.15) is 24.4 Å². The van der Waals surface area contributed by atoms with Crippen molar-refractivity contribution < 1.29 is 4.39 Å². The lowest BCUT2D eigenvalue weighted by Crippen LogP contribution is -2.26. The Labute approximate surface area is 140 Å². The maximum absolute atomic E-state index is 13.9. The number of anilines is 2. The fraction of sp³-hybridized carbons (Fsp3) is 0.400. The van der Waals surface area contributed by atoms with Gasteiger partial charge in [0.25, 0.3) is 0 Å². The van der Waals surface area contributed by atoms with E-state index >= 15 is 0 Å².